The molecule has 0 bridgehead atoms. The molecule has 0 atom stereocenters. The van der Waals surface area contributed by atoms with E-state index < -0.39 is 0 Å². The van der Waals surface area contributed by atoms with E-state index in [1.54, 1.807) is 11.3 Å². The predicted octanol–water partition coefficient (Wildman–Crippen LogP) is 3.65. The van der Waals surface area contributed by atoms with Crippen LogP contribution in [0.5, 0.6) is 11.5 Å². The Hall–Kier alpha value is -3.24. The molecule has 0 saturated heterocycles. The van der Waals surface area contributed by atoms with Gasteiger partial charge in [0.25, 0.3) is 5.56 Å². The SMILES string of the molecule is CCC(C)(C)n1nnnc1CN(Cc1cccs1)Cc1cc2cc3c(cc2[nH]c1=O)OCO3. The second-order valence-corrected chi connectivity index (χ2v) is 9.85. The molecule has 0 aliphatic carbocycles. The molecule has 33 heavy (non-hydrogen) atoms. The van der Waals surface area contributed by atoms with E-state index in [2.05, 4.69) is 57.6 Å². The van der Waals surface area contributed by atoms with Crippen molar-refractivity contribution < 1.29 is 9.47 Å². The summed E-state index contributed by atoms with van der Waals surface area (Å²) in [6, 6.07) is 9.78. The summed E-state index contributed by atoms with van der Waals surface area (Å²) in [5, 5.41) is 15.4. The molecule has 4 heterocycles. The third-order valence-corrected chi connectivity index (χ3v) is 6.97. The number of hydrogen-bond donors (Lipinski definition) is 1. The van der Waals surface area contributed by atoms with E-state index in [0.717, 1.165) is 23.1 Å². The lowest BCUT2D eigenvalue weighted by atomic mass is 10.0. The smallest absolute Gasteiger partial charge is 0.252 e. The number of fused-ring (bicyclic) bond motifs is 2. The van der Waals surface area contributed by atoms with Crippen molar-refractivity contribution in [2.75, 3.05) is 6.79 Å². The van der Waals surface area contributed by atoms with Crippen molar-refractivity contribution in [2.24, 2.45) is 0 Å². The second kappa shape index (κ2) is 8.60. The summed E-state index contributed by atoms with van der Waals surface area (Å²) in [6.45, 7) is 8.22. The fourth-order valence-electron chi connectivity index (χ4n) is 3.91. The molecule has 0 unspecified atom stereocenters. The van der Waals surface area contributed by atoms with Crippen molar-refractivity contribution in [3.63, 3.8) is 0 Å². The zero-order chi connectivity index (χ0) is 23.0. The highest BCUT2D eigenvalue weighted by Crippen LogP contribution is 2.35. The molecule has 1 aromatic carbocycles. The normalized spacial score (nSPS) is 13.3. The van der Waals surface area contributed by atoms with E-state index >= 15 is 0 Å². The number of ether oxygens (including phenoxy) is 2. The lowest BCUT2D eigenvalue weighted by molar-refractivity contribution is 0.174. The molecular weight excluding hydrogens is 440 g/mol. The van der Waals surface area contributed by atoms with Crippen LogP contribution < -0.4 is 15.0 Å². The number of nitrogens with one attached hydrogen (secondary N) is 1. The van der Waals surface area contributed by atoms with Crippen LogP contribution in [0.3, 0.4) is 0 Å². The van der Waals surface area contributed by atoms with Crippen LogP contribution in [0.25, 0.3) is 10.9 Å². The average Bonchev–Trinajstić information content (AvgIpc) is 3.55. The number of H-pyrrole nitrogens is 1. The number of aromatic nitrogens is 5. The first-order valence-corrected chi connectivity index (χ1v) is 11.8. The number of tetrazole rings is 1. The largest absolute Gasteiger partial charge is 0.454 e. The first kappa shape index (κ1) is 21.6. The number of thiophene rings is 1. The molecule has 0 spiro atoms. The summed E-state index contributed by atoms with van der Waals surface area (Å²) in [6.07, 6.45) is 0.899. The molecule has 9 nitrogen and oxygen atoms in total. The number of nitrogens with zero attached hydrogens (tertiary/aromatic N) is 5. The van der Waals surface area contributed by atoms with Gasteiger partial charge in [0.1, 0.15) is 0 Å². The maximum atomic E-state index is 12.9. The highest BCUT2D eigenvalue weighted by Gasteiger charge is 2.25. The van der Waals surface area contributed by atoms with Crippen molar-refractivity contribution in [1.82, 2.24) is 30.1 Å². The molecule has 0 amide bonds. The summed E-state index contributed by atoms with van der Waals surface area (Å²) >= 11 is 1.69. The number of aromatic amines is 1. The van der Waals surface area contributed by atoms with Gasteiger partial charge in [0, 0.05) is 35.0 Å². The maximum absolute atomic E-state index is 12.9. The Morgan fingerprint density at radius 1 is 1.18 bits per heavy atom. The van der Waals surface area contributed by atoms with Gasteiger partial charge in [-0.15, -0.1) is 16.4 Å². The molecule has 1 N–H and O–H groups in total. The Morgan fingerprint density at radius 3 is 2.76 bits per heavy atom. The average molecular weight is 467 g/mol. The molecule has 3 aromatic heterocycles. The summed E-state index contributed by atoms with van der Waals surface area (Å²) < 4.78 is 12.8. The Balaban J connectivity index is 1.47. The number of rotatable bonds is 8. The van der Waals surface area contributed by atoms with Crippen LogP contribution in [0.1, 0.15) is 43.5 Å². The van der Waals surface area contributed by atoms with E-state index in [1.165, 1.54) is 4.88 Å². The lowest BCUT2D eigenvalue weighted by Gasteiger charge is -2.26. The van der Waals surface area contributed by atoms with Crippen molar-refractivity contribution in [1.29, 1.82) is 0 Å². The summed E-state index contributed by atoms with van der Waals surface area (Å²) in [4.78, 5) is 19.4. The van der Waals surface area contributed by atoms with E-state index in [4.69, 9.17) is 9.47 Å². The van der Waals surface area contributed by atoms with Crippen LogP contribution in [0.2, 0.25) is 0 Å². The van der Waals surface area contributed by atoms with Crippen molar-refractivity contribution in [3.8, 4) is 11.5 Å². The summed E-state index contributed by atoms with van der Waals surface area (Å²) in [7, 11) is 0. The van der Waals surface area contributed by atoms with Gasteiger partial charge in [0.15, 0.2) is 17.3 Å². The van der Waals surface area contributed by atoms with Crippen LogP contribution in [0.15, 0.2) is 40.5 Å². The van der Waals surface area contributed by atoms with Crippen molar-refractivity contribution in [3.05, 3.63) is 62.3 Å². The molecular formula is C23H26N6O3S. The van der Waals surface area contributed by atoms with Gasteiger partial charge in [0.2, 0.25) is 6.79 Å². The zero-order valence-electron chi connectivity index (χ0n) is 18.9. The summed E-state index contributed by atoms with van der Waals surface area (Å²) in [5.41, 5.74) is 1.08. The minimum absolute atomic E-state index is 0.119. The fraction of sp³-hybridized carbons (Fsp3) is 0.391. The van der Waals surface area contributed by atoms with Crippen molar-refractivity contribution in [2.45, 2.75) is 52.4 Å². The van der Waals surface area contributed by atoms with E-state index in [9.17, 15) is 4.79 Å². The quantitative estimate of drug-likeness (QED) is 0.423. The Bertz CT molecular complexity index is 1330. The van der Waals surface area contributed by atoms with Crippen LogP contribution >= 0.6 is 11.3 Å². The fourth-order valence-corrected chi connectivity index (χ4v) is 4.66. The standard InChI is InChI=1S/C23H26N6O3S/c1-4-23(2,3)29-21(25-26-27-29)13-28(12-17-6-5-7-33-17)11-16-8-15-9-19-20(32-14-31-19)10-18(15)24-22(16)30/h5-10H,4,11-14H2,1-3H3,(H,24,30). The van der Waals surface area contributed by atoms with Gasteiger partial charge in [-0.05, 0) is 54.3 Å². The molecule has 10 heteroatoms. The third kappa shape index (κ3) is 4.36. The van der Waals surface area contributed by atoms with Crippen LogP contribution in [0.4, 0.5) is 0 Å². The monoisotopic (exact) mass is 466 g/mol. The lowest BCUT2D eigenvalue weighted by Crippen LogP contribution is -2.32. The van der Waals surface area contributed by atoms with E-state index in [0.29, 0.717) is 36.7 Å². The Morgan fingerprint density at radius 2 is 2.00 bits per heavy atom. The van der Waals surface area contributed by atoms with Gasteiger partial charge in [0.05, 0.1) is 17.6 Å². The number of pyridine rings is 1. The molecule has 172 valence electrons. The van der Waals surface area contributed by atoms with Gasteiger partial charge >= 0.3 is 0 Å². The van der Waals surface area contributed by atoms with Gasteiger partial charge in [-0.2, -0.15) is 0 Å². The molecule has 0 radical (unpaired) electrons. The molecule has 0 saturated carbocycles. The van der Waals surface area contributed by atoms with Crippen molar-refractivity contribution >= 4 is 22.2 Å². The Kier molecular flexibility index (Phi) is 5.63. The minimum Gasteiger partial charge on any atom is -0.454 e. The molecule has 5 rings (SSSR count). The third-order valence-electron chi connectivity index (χ3n) is 6.11. The second-order valence-electron chi connectivity index (χ2n) is 8.81. The summed E-state index contributed by atoms with van der Waals surface area (Å²) in [5.74, 6) is 2.12. The first-order valence-electron chi connectivity index (χ1n) is 10.9. The van der Waals surface area contributed by atoms with Gasteiger partial charge in [-0.1, -0.05) is 13.0 Å². The maximum Gasteiger partial charge on any atom is 0.252 e. The Labute approximate surface area is 194 Å². The molecule has 4 aromatic rings. The molecule has 1 aliphatic heterocycles. The molecule has 1 aliphatic rings. The number of benzene rings is 1. The van der Waals surface area contributed by atoms with Gasteiger partial charge in [-0.25, -0.2) is 4.68 Å². The highest BCUT2D eigenvalue weighted by atomic mass is 32.1. The highest BCUT2D eigenvalue weighted by molar-refractivity contribution is 7.09. The molecule has 0 fully saturated rings. The van der Waals surface area contributed by atoms with E-state index in [-0.39, 0.29) is 17.9 Å². The van der Waals surface area contributed by atoms with Crippen LogP contribution in [-0.2, 0) is 25.2 Å². The zero-order valence-corrected chi connectivity index (χ0v) is 19.7. The van der Waals surface area contributed by atoms with Crippen LogP contribution in [0, 0.1) is 0 Å². The van der Waals surface area contributed by atoms with E-state index in [1.807, 2.05) is 28.9 Å². The van der Waals surface area contributed by atoms with Gasteiger partial charge < -0.3 is 14.5 Å². The van der Waals surface area contributed by atoms with Gasteiger partial charge in [-0.3, -0.25) is 9.69 Å². The first-order chi connectivity index (χ1) is 15.9. The minimum atomic E-state index is -0.198. The van der Waals surface area contributed by atoms with Crippen LogP contribution in [-0.4, -0.2) is 36.9 Å². The predicted molar refractivity (Wildman–Crippen MR) is 125 cm³/mol. The topological polar surface area (TPSA) is 98.2 Å². The number of hydrogen-bond acceptors (Lipinski definition) is 8.